The van der Waals surface area contributed by atoms with Gasteiger partial charge in [0.1, 0.15) is 0 Å². The van der Waals surface area contributed by atoms with E-state index >= 15 is 0 Å². The first-order valence-corrected chi connectivity index (χ1v) is 6.28. The summed E-state index contributed by atoms with van der Waals surface area (Å²) in [6.07, 6.45) is 1.11. The maximum atomic E-state index is 11.5. The molecule has 0 bridgehead atoms. The Kier molecular flexibility index (Phi) is 5.27. The van der Waals surface area contributed by atoms with Crippen molar-refractivity contribution in [2.75, 3.05) is 13.1 Å². The summed E-state index contributed by atoms with van der Waals surface area (Å²) in [4.78, 5) is 35.4. The largest absolute Gasteiger partial charge is 0.356 e. The third kappa shape index (κ3) is 4.10. The van der Waals surface area contributed by atoms with Gasteiger partial charge in [0.2, 0.25) is 17.7 Å². The Morgan fingerprint density at radius 2 is 2.17 bits per heavy atom. The van der Waals surface area contributed by atoms with E-state index < -0.39 is 6.04 Å². The minimum atomic E-state index is -0.735. The van der Waals surface area contributed by atoms with E-state index in [9.17, 15) is 14.4 Å². The zero-order chi connectivity index (χ0) is 13.7. The molecule has 0 spiro atoms. The van der Waals surface area contributed by atoms with E-state index in [1.165, 1.54) is 0 Å². The van der Waals surface area contributed by atoms with Gasteiger partial charge in [-0.05, 0) is 12.3 Å². The quantitative estimate of drug-likeness (QED) is 0.633. The predicted molar refractivity (Wildman–Crippen MR) is 66.4 cm³/mol. The van der Waals surface area contributed by atoms with Crippen LogP contribution in [0.1, 0.15) is 33.1 Å². The molecular formula is C12H21N3O3. The fourth-order valence-electron chi connectivity index (χ4n) is 1.75. The van der Waals surface area contributed by atoms with Gasteiger partial charge in [-0.15, -0.1) is 0 Å². The first kappa shape index (κ1) is 14.6. The number of likely N-dealkylation sites (tertiary alicyclic amines) is 1. The number of nitrogens with zero attached hydrogens (tertiary/aromatic N) is 1. The van der Waals surface area contributed by atoms with Crippen LogP contribution < -0.4 is 11.1 Å². The van der Waals surface area contributed by atoms with Gasteiger partial charge in [-0.25, -0.2) is 0 Å². The molecule has 6 nitrogen and oxygen atoms in total. The summed E-state index contributed by atoms with van der Waals surface area (Å²) in [6.45, 7) is 4.90. The van der Waals surface area contributed by atoms with Crippen molar-refractivity contribution in [1.29, 1.82) is 0 Å². The molecule has 0 aliphatic carbocycles. The van der Waals surface area contributed by atoms with Crippen LogP contribution in [0.25, 0.3) is 0 Å². The number of carbonyl (C=O) groups excluding carboxylic acids is 3. The van der Waals surface area contributed by atoms with Crippen LogP contribution in [0.2, 0.25) is 0 Å². The second-order valence-electron chi connectivity index (χ2n) is 4.98. The molecule has 1 rings (SSSR count). The highest BCUT2D eigenvalue weighted by atomic mass is 16.2. The number of nitrogens with one attached hydrogen (secondary N) is 1. The van der Waals surface area contributed by atoms with Crippen molar-refractivity contribution in [3.8, 4) is 0 Å². The lowest BCUT2D eigenvalue weighted by Crippen LogP contribution is -2.38. The first-order chi connectivity index (χ1) is 8.41. The number of carbonyl (C=O) groups is 3. The van der Waals surface area contributed by atoms with Crippen molar-refractivity contribution in [2.45, 2.75) is 39.2 Å². The maximum Gasteiger partial charge on any atom is 0.246 e. The number of imide groups is 1. The number of hydrogen-bond donors (Lipinski definition) is 2. The van der Waals surface area contributed by atoms with Crippen LogP contribution in [0.4, 0.5) is 0 Å². The highest BCUT2D eigenvalue weighted by Crippen LogP contribution is 2.11. The maximum absolute atomic E-state index is 11.5. The molecule has 1 fully saturated rings. The van der Waals surface area contributed by atoms with E-state index in [0.29, 0.717) is 12.5 Å². The molecule has 1 aliphatic heterocycles. The summed E-state index contributed by atoms with van der Waals surface area (Å²) in [5.41, 5.74) is 5.47. The van der Waals surface area contributed by atoms with E-state index in [1.807, 2.05) is 0 Å². The van der Waals surface area contributed by atoms with E-state index in [2.05, 4.69) is 19.2 Å². The molecule has 0 saturated carbocycles. The van der Waals surface area contributed by atoms with Crippen molar-refractivity contribution in [3.05, 3.63) is 0 Å². The molecule has 1 saturated heterocycles. The molecule has 0 aromatic heterocycles. The lowest BCUT2D eigenvalue weighted by molar-refractivity contribution is -0.139. The van der Waals surface area contributed by atoms with Gasteiger partial charge < -0.3 is 11.1 Å². The molecular weight excluding hydrogens is 234 g/mol. The summed E-state index contributed by atoms with van der Waals surface area (Å²) in [5.74, 6) is -0.279. The number of hydrogen-bond acceptors (Lipinski definition) is 4. The van der Waals surface area contributed by atoms with Crippen LogP contribution in [-0.4, -0.2) is 41.8 Å². The van der Waals surface area contributed by atoms with Crippen LogP contribution in [0, 0.1) is 5.92 Å². The Morgan fingerprint density at radius 3 is 2.67 bits per heavy atom. The molecule has 18 heavy (non-hydrogen) atoms. The topological polar surface area (TPSA) is 92.5 Å². The second kappa shape index (κ2) is 6.49. The van der Waals surface area contributed by atoms with Crippen molar-refractivity contribution >= 4 is 17.7 Å². The second-order valence-corrected chi connectivity index (χ2v) is 4.98. The molecule has 6 heteroatoms. The van der Waals surface area contributed by atoms with Gasteiger partial charge in [0, 0.05) is 19.5 Å². The zero-order valence-electron chi connectivity index (χ0n) is 10.9. The van der Waals surface area contributed by atoms with E-state index in [4.69, 9.17) is 5.73 Å². The van der Waals surface area contributed by atoms with Crippen LogP contribution >= 0.6 is 0 Å². The molecule has 0 radical (unpaired) electrons. The average Bonchev–Trinajstić information content (AvgIpc) is 2.50. The summed E-state index contributed by atoms with van der Waals surface area (Å²) in [6, 6.07) is -0.735. The van der Waals surface area contributed by atoms with Crippen LogP contribution in [0.5, 0.6) is 0 Å². The predicted octanol–water partition coefficient (Wildman–Crippen LogP) is -0.375. The highest BCUT2D eigenvalue weighted by molar-refractivity contribution is 6.05. The monoisotopic (exact) mass is 255 g/mol. The van der Waals surface area contributed by atoms with Crippen molar-refractivity contribution in [1.82, 2.24) is 10.2 Å². The van der Waals surface area contributed by atoms with E-state index in [0.717, 1.165) is 11.3 Å². The molecule has 3 amide bonds. The molecule has 1 aliphatic rings. The summed E-state index contributed by atoms with van der Waals surface area (Å²) >= 11 is 0. The zero-order valence-corrected chi connectivity index (χ0v) is 10.9. The van der Waals surface area contributed by atoms with Gasteiger partial charge >= 0.3 is 0 Å². The molecule has 3 N–H and O–H groups in total. The summed E-state index contributed by atoms with van der Waals surface area (Å²) in [5, 5.41) is 2.76. The van der Waals surface area contributed by atoms with Gasteiger partial charge in [-0.1, -0.05) is 13.8 Å². The standard InChI is InChI=1S/C12H21N3O3/c1-8(2)3-5-14-10(16)4-6-15-11(17)7-9(13)12(15)18/h8-9H,3-7,13H2,1-2H3,(H,14,16). The SMILES string of the molecule is CC(C)CCNC(=O)CCN1C(=O)CC(N)C1=O. The highest BCUT2D eigenvalue weighted by Gasteiger charge is 2.35. The van der Waals surface area contributed by atoms with Gasteiger partial charge in [0.15, 0.2) is 0 Å². The lowest BCUT2D eigenvalue weighted by atomic mass is 10.1. The van der Waals surface area contributed by atoms with Gasteiger partial charge in [-0.3, -0.25) is 19.3 Å². The number of amides is 3. The summed E-state index contributed by atoms with van der Waals surface area (Å²) in [7, 11) is 0. The van der Waals surface area contributed by atoms with Crippen LogP contribution in [0.15, 0.2) is 0 Å². The van der Waals surface area contributed by atoms with Crippen molar-refractivity contribution in [3.63, 3.8) is 0 Å². The number of nitrogens with two attached hydrogens (primary N) is 1. The third-order valence-corrected chi connectivity index (χ3v) is 2.89. The molecule has 102 valence electrons. The van der Waals surface area contributed by atoms with Crippen molar-refractivity contribution < 1.29 is 14.4 Å². The molecule has 1 unspecified atom stereocenters. The van der Waals surface area contributed by atoms with E-state index in [1.54, 1.807) is 0 Å². The minimum absolute atomic E-state index is 0.0494. The first-order valence-electron chi connectivity index (χ1n) is 6.28. The fraction of sp³-hybridized carbons (Fsp3) is 0.750. The van der Waals surface area contributed by atoms with E-state index in [-0.39, 0.29) is 37.1 Å². The van der Waals surface area contributed by atoms with Crippen molar-refractivity contribution in [2.24, 2.45) is 11.7 Å². The molecule has 0 aromatic rings. The average molecular weight is 255 g/mol. The Labute approximate surface area is 107 Å². The Morgan fingerprint density at radius 1 is 1.50 bits per heavy atom. The third-order valence-electron chi connectivity index (χ3n) is 2.89. The fourth-order valence-corrected chi connectivity index (χ4v) is 1.75. The Balaban J connectivity index is 2.26. The van der Waals surface area contributed by atoms with Gasteiger partial charge in [-0.2, -0.15) is 0 Å². The summed E-state index contributed by atoms with van der Waals surface area (Å²) < 4.78 is 0. The molecule has 0 aromatic carbocycles. The number of rotatable bonds is 6. The van der Waals surface area contributed by atoms with Gasteiger partial charge in [0.25, 0.3) is 0 Å². The lowest BCUT2D eigenvalue weighted by Gasteiger charge is -2.14. The Hall–Kier alpha value is -1.43. The van der Waals surface area contributed by atoms with Crippen LogP contribution in [-0.2, 0) is 14.4 Å². The smallest absolute Gasteiger partial charge is 0.246 e. The van der Waals surface area contributed by atoms with Gasteiger partial charge in [0.05, 0.1) is 12.5 Å². The molecule has 1 atom stereocenters. The van der Waals surface area contributed by atoms with Crippen LogP contribution in [0.3, 0.4) is 0 Å². The Bertz CT molecular complexity index is 341. The normalized spacial score (nSPS) is 19.8. The minimum Gasteiger partial charge on any atom is -0.356 e. The molecule has 1 heterocycles.